The average molecular weight is 346 g/mol. The molecule has 0 saturated carbocycles. The van der Waals surface area contributed by atoms with E-state index in [9.17, 15) is 8.78 Å². The van der Waals surface area contributed by atoms with Crippen molar-refractivity contribution in [2.24, 2.45) is 10.7 Å². The topological polar surface area (TPSA) is 53.6 Å². The minimum absolute atomic E-state index is 0.00275. The molecular weight excluding hydrogens is 322 g/mol. The van der Waals surface area contributed by atoms with Gasteiger partial charge in [-0.2, -0.15) is 0 Å². The van der Waals surface area contributed by atoms with Gasteiger partial charge in [0.25, 0.3) is 0 Å². The second kappa shape index (κ2) is 8.58. The minimum atomic E-state index is -0.587. The van der Waals surface area contributed by atoms with Crippen molar-refractivity contribution in [3.63, 3.8) is 0 Å². The number of nitrogens with zero attached hydrogens (tertiary/aromatic N) is 2. The summed E-state index contributed by atoms with van der Waals surface area (Å²) < 4.78 is 28.1. The highest BCUT2D eigenvalue weighted by Gasteiger charge is 2.21. The number of nitrogens with one attached hydrogen (secondary N) is 1. The van der Waals surface area contributed by atoms with Gasteiger partial charge in [-0.15, -0.1) is 0 Å². The molecular formula is C19H24F2N4. The van der Waals surface area contributed by atoms with Gasteiger partial charge >= 0.3 is 0 Å². The molecule has 2 aromatic rings. The lowest BCUT2D eigenvalue weighted by Gasteiger charge is -2.24. The van der Waals surface area contributed by atoms with Gasteiger partial charge in [-0.1, -0.05) is 25.1 Å². The number of guanidine groups is 1. The van der Waals surface area contributed by atoms with Gasteiger partial charge in [-0.3, -0.25) is 4.99 Å². The van der Waals surface area contributed by atoms with Crippen LogP contribution in [-0.2, 0) is 6.42 Å². The first-order valence-electron chi connectivity index (χ1n) is 8.18. The standard InChI is InChI=1S/C19H24F2N4/c1-4-13-7-5-8-14(11-13)24-19(22)23-12-17(25(2)3)18-15(20)9-6-10-16(18)21/h5-11,17H,4,12H2,1-3H3,(H3,22,23,24). The van der Waals surface area contributed by atoms with E-state index in [1.165, 1.54) is 23.8 Å². The van der Waals surface area contributed by atoms with E-state index in [4.69, 9.17) is 5.73 Å². The second-order valence-electron chi connectivity index (χ2n) is 6.02. The summed E-state index contributed by atoms with van der Waals surface area (Å²) in [4.78, 5) is 5.98. The molecule has 1 unspecified atom stereocenters. The fourth-order valence-electron chi connectivity index (χ4n) is 2.58. The maximum absolute atomic E-state index is 14.1. The highest BCUT2D eigenvalue weighted by atomic mass is 19.1. The maximum Gasteiger partial charge on any atom is 0.193 e. The summed E-state index contributed by atoms with van der Waals surface area (Å²) in [7, 11) is 3.50. The quantitative estimate of drug-likeness (QED) is 0.621. The number of hydrogen-bond donors (Lipinski definition) is 2. The SMILES string of the molecule is CCc1cccc(NC(N)=NCC(c2c(F)cccc2F)N(C)C)c1. The Kier molecular flexibility index (Phi) is 6.47. The Balaban J connectivity index is 2.15. The van der Waals surface area contributed by atoms with Crippen molar-refractivity contribution in [1.29, 1.82) is 0 Å². The van der Waals surface area contributed by atoms with E-state index >= 15 is 0 Å². The minimum Gasteiger partial charge on any atom is -0.370 e. The van der Waals surface area contributed by atoms with Crippen LogP contribution in [0.5, 0.6) is 0 Å². The fourth-order valence-corrected chi connectivity index (χ4v) is 2.58. The summed E-state index contributed by atoms with van der Waals surface area (Å²) in [5.41, 5.74) is 7.94. The van der Waals surface area contributed by atoms with Gasteiger partial charge in [0, 0.05) is 11.3 Å². The highest BCUT2D eigenvalue weighted by molar-refractivity contribution is 5.92. The van der Waals surface area contributed by atoms with E-state index in [-0.39, 0.29) is 18.1 Å². The van der Waals surface area contributed by atoms with Gasteiger partial charge in [-0.05, 0) is 50.3 Å². The number of hydrogen-bond acceptors (Lipinski definition) is 2. The largest absolute Gasteiger partial charge is 0.370 e. The van der Waals surface area contributed by atoms with E-state index in [1.807, 2.05) is 24.3 Å². The van der Waals surface area contributed by atoms with Crippen LogP contribution in [-0.4, -0.2) is 31.5 Å². The smallest absolute Gasteiger partial charge is 0.193 e. The van der Waals surface area contributed by atoms with Crippen LogP contribution < -0.4 is 11.1 Å². The number of benzene rings is 2. The first kappa shape index (κ1) is 18.9. The zero-order valence-electron chi connectivity index (χ0n) is 14.8. The third-order valence-electron chi connectivity index (χ3n) is 4.00. The van der Waals surface area contributed by atoms with Crippen LogP contribution in [0.1, 0.15) is 24.1 Å². The molecule has 0 saturated heterocycles. The van der Waals surface area contributed by atoms with Crippen molar-refractivity contribution in [3.8, 4) is 0 Å². The molecule has 0 spiro atoms. The predicted molar refractivity (Wildman–Crippen MR) is 98.7 cm³/mol. The zero-order chi connectivity index (χ0) is 18.4. The van der Waals surface area contributed by atoms with Crippen LogP contribution in [0.4, 0.5) is 14.5 Å². The van der Waals surface area contributed by atoms with Crippen LogP contribution in [0.15, 0.2) is 47.5 Å². The average Bonchev–Trinajstić information content (AvgIpc) is 2.57. The number of anilines is 1. The Hall–Kier alpha value is -2.47. The van der Waals surface area contributed by atoms with Crippen molar-refractivity contribution in [2.45, 2.75) is 19.4 Å². The molecule has 0 aliphatic carbocycles. The molecule has 0 aliphatic heterocycles. The molecule has 0 fully saturated rings. The molecule has 25 heavy (non-hydrogen) atoms. The van der Waals surface area contributed by atoms with E-state index < -0.39 is 17.7 Å². The number of halogens is 2. The van der Waals surface area contributed by atoms with E-state index in [1.54, 1.807) is 19.0 Å². The van der Waals surface area contributed by atoms with Gasteiger partial charge in [-0.25, -0.2) is 8.78 Å². The summed E-state index contributed by atoms with van der Waals surface area (Å²) in [6.07, 6.45) is 0.918. The molecule has 134 valence electrons. The van der Waals surface area contributed by atoms with Gasteiger partial charge < -0.3 is 16.0 Å². The summed E-state index contributed by atoms with van der Waals surface area (Å²) in [5.74, 6) is -0.969. The lowest BCUT2D eigenvalue weighted by molar-refractivity contribution is 0.290. The molecule has 0 radical (unpaired) electrons. The number of likely N-dealkylation sites (N-methyl/N-ethyl adjacent to an activating group) is 1. The number of rotatable bonds is 6. The Morgan fingerprint density at radius 3 is 2.40 bits per heavy atom. The normalized spacial score (nSPS) is 13.1. The van der Waals surface area contributed by atoms with Crippen molar-refractivity contribution >= 4 is 11.6 Å². The lowest BCUT2D eigenvalue weighted by atomic mass is 10.0. The fraction of sp³-hybridized carbons (Fsp3) is 0.316. The molecule has 0 amide bonds. The van der Waals surface area contributed by atoms with Crippen molar-refractivity contribution in [3.05, 3.63) is 65.2 Å². The summed E-state index contributed by atoms with van der Waals surface area (Å²) in [6.45, 7) is 2.21. The van der Waals surface area contributed by atoms with Crippen LogP contribution in [0, 0.1) is 11.6 Å². The first-order valence-corrected chi connectivity index (χ1v) is 8.18. The number of nitrogens with two attached hydrogens (primary N) is 1. The molecule has 3 N–H and O–H groups in total. The molecule has 4 nitrogen and oxygen atoms in total. The third-order valence-corrected chi connectivity index (χ3v) is 4.00. The molecule has 2 aromatic carbocycles. The molecule has 6 heteroatoms. The van der Waals surface area contributed by atoms with E-state index in [0.717, 1.165) is 12.1 Å². The monoisotopic (exact) mass is 346 g/mol. The lowest BCUT2D eigenvalue weighted by Crippen LogP contribution is -2.28. The molecule has 0 bridgehead atoms. The molecule has 2 rings (SSSR count). The molecule has 1 atom stereocenters. The Labute approximate surface area is 147 Å². The van der Waals surface area contributed by atoms with Crippen molar-refractivity contribution in [2.75, 3.05) is 26.0 Å². The number of aliphatic imine (C=N–C) groups is 1. The summed E-state index contributed by atoms with van der Waals surface area (Å²) >= 11 is 0. The zero-order valence-corrected chi connectivity index (χ0v) is 14.8. The maximum atomic E-state index is 14.1. The second-order valence-corrected chi connectivity index (χ2v) is 6.02. The van der Waals surface area contributed by atoms with Crippen LogP contribution in [0.2, 0.25) is 0 Å². The highest BCUT2D eigenvalue weighted by Crippen LogP contribution is 2.24. The van der Waals surface area contributed by atoms with Crippen molar-refractivity contribution < 1.29 is 8.78 Å². The van der Waals surface area contributed by atoms with Gasteiger partial charge in [0.05, 0.1) is 12.6 Å². The molecule has 0 aliphatic rings. The van der Waals surface area contributed by atoms with Crippen molar-refractivity contribution in [1.82, 2.24) is 4.90 Å². The Morgan fingerprint density at radius 1 is 1.16 bits per heavy atom. The summed E-state index contributed by atoms with van der Waals surface area (Å²) in [6, 6.07) is 11.1. The Bertz CT molecular complexity index is 724. The number of aryl methyl sites for hydroxylation is 1. The third kappa shape index (κ3) is 5.00. The van der Waals surface area contributed by atoms with Crippen LogP contribution >= 0.6 is 0 Å². The summed E-state index contributed by atoms with van der Waals surface area (Å²) in [5, 5.41) is 3.01. The predicted octanol–water partition coefficient (Wildman–Crippen LogP) is 3.56. The van der Waals surface area contributed by atoms with Gasteiger partial charge in [0.2, 0.25) is 0 Å². The van der Waals surface area contributed by atoms with Crippen LogP contribution in [0.3, 0.4) is 0 Å². The first-order chi connectivity index (χ1) is 11.9. The van der Waals surface area contributed by atoms with E-state index in [0.29, 0.717) is 0 Å². The molecule has 0 aromatic heterocycles. The van der Waals surface area contributed by atoms with E-state index in [2.05, 4.69) is 17.2 Å². The van der Waals surface area contributed by atoms with Gasteiger partial charge in [0.1, 0.15) is 11.6 Å². The molecule has 0 heterocycles. The Morgan fingerprint density at radius 2 is 1.80 bits per heavy atom. The van der Waals surface area contributed by atoms with Gasteiger partial charge in [0.15, 0.2) is 5.96 Å². The van der Waals surface area contributed by atoms with Crippen LogP contribution in [0.25, 0.3) is 0 Å².